The second-order valence-electron chi connectivity index (χ2n) is 7.37. The molecule has 2 aromatic rings. The fourth-order valence-electron chi connectivity index (χ4n) is 3.33. The largest absolute Gasteiger partial charge is 0.368 e. The molecule has 0 radical (unpaired) electrons. The van der Waals surface area contributed by atoms with Crippen LogP contribution in [0, 0.1) is 0 Å². The number of benzene rings is 2. The summed E-state index contributed by atoms with van der Waals surface area (Å²) in [6.45, 7) is 0. The van der Waals surface area contributed by atoms with Crippen LogP contribution in [0.25, 0.3) is 0 Å². The molecule has 3 atom stereocenters. The molecule has 0 saturated carbocycles. The molecule has 4 amide bonds. The van der Waals surface area contributed by atoms with Gasteiger partial charge in [-0.3, -0.25) is 19.2 Å². The minimum absolute atomic E-state index is 0.219. The number of amides is 4. The molecule has 1 fully saturated rings. The van der Waals surface area contributed by atoms with E-state index in [9.17, 15) is 19.2 Å². The van der Waals surface area contributed by atoms with Crippen LogP contribution >= 0.6 is 15.9 Å². The molecule has 1 aliphatic rings. The number of rotatable bonds is 8. The smallest absolute Gasteiger partial charge is 0.243 e. The number of nitrogens with two attached hydrogens (primary N) is 1. The Hall–Kier alpha value is -3.20. The molecule has 3 rings (SSSR count). The van der Waals surface area contributed by atoms with Crippen molar-refractivity contribution in [2.24, 2.45) is 5.73 Å². The van der Waals surface area contributed by atoms with Crippen LogP contribution in [0.2, 0.25) is 0 Å². The summed E-state index contributed by atoms with van der Waals surface area (Å²) in [5.41, 5.74) is 7.16. The third kappa shape index (κ3) is 6.39. The van der Waals surface area contributed by atoms with Gasteiger partial charge in [0.2, 0.25) is 23.6 Å². The highest BCUT2D eigenvalue weighted by atomic mass is 79.9. The average Bonchev–Trinajstić information content (AvgIpc) is 2.73. The maximum Gasteiger partial charge on any atom is 0.243 e. The van der Waals surface area contributed by atoms with Gasteiger partial charge in [0, 0.05) is 17.3 Å². The molecule has 0 bridgehead atoms. The van der Waals surface area contributed by atoms with E-state index in [1.54, 1.807) is 0 Å². The lowest BCUT2D eigenvalue weighted by molar-refractivity contribution is -0.138. The fourth-order valence-corrected chi connectivity index (χ4v) is 3.59. The zero-order valence-electron chi connectivity index (χ0n) is 16.6. The number of hydrogen-bond donors (Lipinski definition) is 4. The first-order chi connectivity index (χ1) is 14.8. The van der Waals surface area contributed by atoms with Gasteiger partial charge in [-0.2, -0.15) is 0 Å². The SMILES string of the molecule is NC(=O)[C@H](Cc1ccc(Br)cc1)NC(=O)C[C@@H]1NC(=O)[C@H](Cc2ccccc2)NC1=O. The summed E-state index contributed by atoms with van der Waals surface area (Å²) in [6.07, 6.45) is 0.282. The number of carbonyl (C=O) groups excluding carboxylic acids is 4. The average molecular weight is 487 g/mol. The molecule has 0 aromatic heterocycles. The first kappa shape index (κ1) is 22.5. The summed E-state index contributed by atoms with van der Waals surface area (Å²) in [7, 11) is 0. The van der Waals surface area contributed by atoms with Crippen LogP contribution in [0.3, 0.4) is 0 Å². The number of piperazine rings is 1. The van der Waals surface area contributed by atoms with Gasteiger partial charge in [0.25, 0.3) is 0 Å². The minimum Gasteiger partial charge on any atom is -0.368 e. The predicted molar refractivity (Wildman–Crippen MR) is 118 cm³/mol. The fraction of sp³-hybridized carbons (Fsp3) is 0.273. The third-order valence-corrected chi connectivity index (χ3v) is 5.50. The van der Waals surface area contributed by atoms with Gasteiger partial charge in [-0.15, -0.1) is 0 Å². The zero-order chi connectivity index (χ0) is 22.4. The van der Waals surface area contributed by atoms with Gasteiger partial charge in [-0.25, -0.2) is 0 Å². The Bertz CT molecular complexity index is 965. The van der Waals surface area contributed by atoms with Gasteiger partial charge in [-0.1, -0.05) is 58.4 Å². The molecule has 1 saturated heterocycles. The molecule has 0 spiro atoms. The second kappa shape index (κ2) is 10.2. The number of halogens is 1. The molecule has 2 aromatic carbocycles. The van der Waals surface area contributed by atoms with Crippen LogP contribution in [0.4, 0.5) is 0 Å². The number of primary amides is 1. The van der Waals surface area contributed by atoms with E-state index in [0.717, 1.165) is 15.6 Å². The molecule has 8 nitrogen and oxygen atoms in total. The van der Waals surface area contributed by atoms with Crippen LogP contribution in [0.15, 0.2) is 59.1 Å². The van der Waals surface area contributed by atoms with Gasteiger partial charge in [0.1, 0.15) is 18.1 Å². The van der Waals surface area contributed by atoms with Crippen molar-refractivity contribution in [2.75, 3.05) is 0 Å². The number of nitrogens with one attached hydrogen (secondary N) is 3. The summed E-state index contributed by atoms with van der Waals surface area (Å²) in [5.74, 6) is -2.04. The number of carbonyl (C=O) groups is 4. The first-order valence-corrected chi connectivity index (χ1v) is 10.6. The van der Waals surface area contributed by atoms with Crippen molar-refractivity contribution in [3.63, 3.8) is 0 Å². The van der Waals surface area contributed by atoms with Gasteiger partial charge < -0.3 is 21.7 Å². The molecular weight excluding hydrogens is 464 g/mol. The molecule has 1 heterocycles. The zero-order valence-corrected chi connectivity index (χ0v) is 18.2. The molecule has 162 valence electrons. The first-order valence-electron chi connectivity index (χ1n) is 9.79. The van der Waals surface area contributed by atoms with Crippen molar-refractivity contribution in [3.8, 4) is 0 Å². The van der Waals surface area contributed by atoms with Crippen molar-refractivity contribution in [1.29, 1.82) is 0 Å². The second-order valence-corrected chi connectivity index (χ2v) is 8.28. The molecule has 0 unspecified atom stereocenters. The van der Waals surface area contributed by atoms with E-state index in [1.807, 2.05) is 54.6 Å². The maximum absolute atomic E-state index is 12.4. The Morgan fingerprint density at radius 2 is 1.55 bits per heavy atom. The monoisotopic (exact) mass is 486 g/mol. The molecular formula is C22H23BrN4O4. The van der Waals surface area contributed by atoms with Gasteiger partial charge in [-0.05, 0) is 23.3 Å². The Morgan fingerprint density at radius 1 is 0.935 bits per heavy atom. The van der Waals surface area contributed by atoms with Crippen molar-refractivity contribution in [1.82, 2.24) is 16.0 Å². The van der Waals surface area contributed by atoms with E-state index in [4.69, 9.17) is 5.73 Å². The quantitative estimate of drug-likeness (QED) is 0.434. The maximum atomic E-state index is 12.4. The van der Waals surface area contributed by atoms with Crippen molar-refractivity contribution >= 4 is 39.6 Å². The Morgan fingerprint density at radius 3 is 2.19 bits per heavy atom. The van der Waals surface area contributed by atoms with Crippen molar-refractivity contribution in [2.45, 2.75) is 37.4 Å². The summed E-state index contributed by atoms with van der Waals surface area (Å²) < 4.78 is 0.889. The Kier molecular flexibility index (Phi) is 7.41. The van der Waals surface area contributed by atoms with E-state index in [1.165, 1.54) is 0 Å². The van der Waals surface area contributed by atoms with E-state index in [-0.39, 0.29) is 18.7 Å². The van der Waals surface area contributed by atoms with E-state index >= 15 is 0 Å². The van der Waals surface area contributed by atoms with Crippen molar-refractivity contribution in [3.05, 3.63) is 70.2 Å². The molecule has 0 aliphatic carbocycles. The van der Waals surface area contributed by atoms with Crippen LogP contribution in [-0.2, 0) is 32.0 Å². The lowest BCUT2D eigenvalue weighted by Crippen LogP contribution is -2.63. The topological polar surface area (TPSA) is 130 Å². The lowest BCUT2D eigenvalue weighted by Gasteiger charge is -2.29. The highest BCUT2D eigenvalue weighted by Gasteiger charge is 2.35. The number of hydrogen-bond acceptors (Lipinski definition) is 4. The minimum atomic E-state index is -1.01. The lowest BCUT2D eigenvalue weighted by atomic mass is 10.0. The standard InChI is InChI=1S/C22H23BrN4O4/c23-15-8-6-14(7-9-15)10-16(20(24)29)25-19(28)12-18-22(31)26-17(21(30)27-18)11-13-4-2-1-3-5-13/h1-9,16-18H,10-12H2,(H2,24,29)(H,25,28)(H,26,31)(H,27,30)/t16-,17-,18-/m0/s1. The highest BCUT2D eigenvalue weighted by molar-refractivity contribution is 9.10. The summed E-state index contributed by atoms with van der Waals surface area (Å²) in [5, 5.41) is 7.81. The Balaban J connectivity index is 1.55. The molecule has 31 heavy (non-hydrogen) atoms. The van der Waals surface area contributed by atoms with E-state index in [0.29, 0.717) is 6.42 Å². The molecule has 9 heteroatoms. The van der Waals surface area contributed by atoms with Crippen LogP contribution < -0.4 is 21.7 Å². The summed E-state index contributed by atoms with van der Waals surface area (Å²) in [6, 6.07) is 13.9. The van der Waals surface area contributed by atoms with Gasteiger partial charge in [0.15, 0.2) is 0 Å². The molecule has 1 aliphatic heterocycles. The van der Waals surface area contributed by atoms with Gasteiger partial charge in [0.05, 0.1) is 6.42 Å². The highest BCUT2D eigenvalue weighted by Crippen LogP contribution is 2.12. The third-order valence-electron chi connectivity index (χ3n) is 4.97. The van der Waals surface area contributed by atoms with Gasteiger partial charge >= 0.3 is 0 Å². The van der Waals surface area contributed by atoms with Crippen LogP contribution in [0.1, 0.15) is 17.5 Å². The van der Waals surface area contributed by atoms with Crippen LogP contribution in [0.5, 0.6) is 0 Å². The van der Waals surface area contributed by atoms with Crippen LogP contribution in [-0.4, -0.2) is 41.8 Å². The van der Waals surface area contributed by atoms with Crippen molar-refractivity contribution < 1.29 is 19.2 Å². The Labute approximate surface area is 188 Å². The van der Waals surface area contributed by atoms with E-state index < -0.39 is 35.8 Å². The molecule has 5 N–H and O–H groups in total. The van der Waals surface area contributed by atoms with E-state index in [2.05, 4.69) is 31.9 Å². The summed E-state index contributed by atoms with van der Waals surface area (Å²) >= 11 is 3.34. The normalized spacial score (nSPS) is 19.1. The predicted octanol–water partition coefficient (Wildman–Crippen LogP) is 0.578. The summed E-state index contributed by atoms with van der Waals surface area (Å²) in [4.78, 5) is 49.0.